The van der Waals surface area contributed by atoms with Gasteiger partial charge in [-0.3, -0.25) is 9.35 Å². The summed E-state index contributed by atoms with van der Waals surface area (Å²) in [5.74, 6) is 0.581. The molecule has 2 N–H and O–H groups in total. The molecule has 0 bridgehead atoms. The summed E-state index contributed by atoms with van der Waals surface area (Å²) in [4.78, 5) is 12.1. The van der Waals surface area contributed by atoms with Gasteiger partial charge in [0.1, 0.15) is 0 Å². The smallest absolute Gasteiger partial charge is 0.250 e. The van der Waals surface area contributed by atoms with E-state index in [1.807, 2.05) is 6.07 Å². The van der Waals surface area contributed by atoms with Crippen LogP contribution < -0.4 is 10.3 Å². The van der Waals surface area contributed by atoms with Crippen LogP contribution in [0.15, 0.2) is 59.5 Å². The average Bonchev–Trinajstić information content (AvgIpc) is 2.70. The van der Waals surface area contributed by atoms with E-state index < -0.39 is 11.3 Å². The quantitative estimate of drug-likeness (QED) is 0.679. The lowest BCUT2D eigenvalue weighted by molar-refractivity contribution is 0.00735. The van der Waals surface area contributed by atoms with Crippen LogP contribution in [0.1, 0.15) is 43.2 Å². The van der Waals surface area contributed by atoms with Crippen molar-refractivity contribution in [2.45, 2.75) is 43.7 Å². The zero-order valence-corrected chi connectivity index (χ0v) is 16.0. The number of nitrogens with zero attached hydrogens (tertiary/aromatic N) is 1. The number of hydrogen-bond acceptors (Lipinski definition) is 3. The van der Waals surface area contributed by atoms with Gasteiger partial charge < -0.3 is 9.30 Å². The van der Waals surface area contributed by atoms with E-state index in [0.29, 0.717) is 12.5 Å². The van der Waals surface area contributed by atoms with Gasteiger partial charge in [0.25, 0.3) is 5.56 Å². The molecule has 3 rings (SSSR count). The van der Waals surface area contributed by atoms with Crippen molar-refractivity contribution in [3.8, 4) is 0 Å². The SMILES string of the molecule is O=c1ccccn1C(CNS(=O)O)COC1CCC(c2ccccc2)CC1. The van der Waals surface area contributed by atoms with Crippen LogP contribution in [0.25, 0.3) is 0 Å². The molecular weight excluding hydrogens is 364 g/mol. The molecule has 6 nitrogen and oxygen atoms in total. The van der Waals surface area contributed by atoms with Gasteiger partial charge in [0, 0.05) is 18.8 Å². The number of hydrogen-bond donors (Lipinski definition) is 2. The molecule has 2 atom stereocenters. The first-order valence-corrected chi connectivity index (χ1v) is 10.4. The second-order valence-electron chi connectivity index (χ2n) is 6.92. The van der Waals surface area contributed by atoms with Crippen LogP contribution in [0.3, 0.4) is 0 Å². The van der Waals surface area contributed by atoms with Crippen LogP contribution in [-0.2, 0) is 16.0 Å². The molecule has 1 aliphatic carbocycles. The molecule has 1 aliphatic rings. The van der Waals surface area contributed by atoms with Gasteiger partial charge in [0.2, 0.25) is 11.3 Å². The molecule has 2 unspecified atom stereocenters. The van der Waals surface area contributed by atoms with Gasteiger partial charge in [-0.1, -0.05) is 36.4 Å². The fourth-order valence-electron chi connectivity index (χ4n) is 3.68. The predicted octanol–water partition coefficient (Wildman–Crippen LogP) is 2.86. The third-order valence-electron chi connectivity index (χ3n) is 5.16. The average molecular weight is 391 g/mol. The molecular formula is C20H26N2O4S. The van der Waals surface area contributed by atoms with Gasteiger partial charge in [-0.05, 0) is 43.2 Å². The zero-order valence-electron chi connectivity index (χ0n) is 15.2. The van der Waals surface area contributed by atoms with Crippen molar-refractivity contribution in [3.63, 3.8) is 0 Å². The third-order valence-corrected chi connectivity index (χ3v) is 5.57. The van der Waals surface area contributed by atoms with Crippen molar-refractivity contribution in [2.75, 3.05) is 13.2 Å². The monoisotopic (exact) mass is 390 g/mol. The van der Waals surface area contributed by atoms with Crippen molar-refractivity contribution in [3.05, 3.63) is 70.6 Å². The van der Waals surface area contributed by atoms with Gasteiger partial charge in [-0.2, -0.15) is 0 Å². The lowest BCUT2D eigenvalue weighted by Crippen LogP contribution is -2.36. The Hall–Kier alpha value is -1.80. The standard InChI is InChI=1S/C20H26N2O4S/c23-20-8-4-5-13-22(20)18(14-21-27(24)25)15-26-19-11-9-17(10-12-19)16-6-2-1-3-7-16/h1-8,13,17-19,21H,9-12,14-15H2,(H,24,25). The maximum atomic E-state index is 12.1. The molecule has 1 heterocycles. The highest BCUT2D eigenvalue weighted by Crippen LogP contribution is 2.34. The number of rotatable bonds is 8. The van der Waals surface area contributed by atoms with Crippen molar-refractivity contribution in [1.82, 2.24) is 9.29 Å². The van der Waals surface area contributed by atoms with E-state index in [2.05, 4.69) is 29.0 Å². The van der Waals surface area contributed by atoms with E-state index >= 15 is 0 Å². The minimum absolute atomic E-state index is 0.149. The van der Waals surface area contributed by atoms with Crippen LogP contribution in [0.4, 0.5) is 0 Å². The highest BCUT2D eigenvalue weighted by Gasteiger charge is 2.24. The highest BCUT2D eigenvalue weighted by atomic mass is 32.2. The first kappa shape index (κ1) is 19.9. The van der Waals surface area contributed by atoms with E-state index in [9.17, 15) is 9.00 Å². The van der Waals surface area contributed by atoms with Crippen molar-refractivity contribution in [2.24, 2.45) is 0 Å². The van der Waals surface area contributed by atoms with Crippen LogP contribution in [0, 0.1) is 0 Å². The summed E-state index contributed by atoms with van der Waals surface area (Å²) in [6, 6.07) is 15.2. The molecule has 1 fully saturated rings. The predicted molar refractivity (Wildman–Crippen MR) is 106 cm³/mol. The van der Waals surface area contributed by atoms with Crippen LogP contribution in [0.5, 0.6) is 0 Å². The fourth-order valence-corrected chi connectivity index (χ4v) is 4.02. The first-order valence-electron chi connectivity index (χ1n) is 9.31. The van der Waals surface area contributed by atoms with E-state index in [4.69, 9.17) is 9.29 Å². The van der Waals surface area contributed by atoms with Gasteiger partial charge >= 0.3 is 0 Å². The van der Waals surface area contributed by atoms with Crippen LogP contribution in [0.2, 0.25) is 0 Å². The number of ether oxygens (including phenoxy) is 1. The van der Waals surface area contributed by atoms with Gasteiger partial charge in [-0.25, -0.2) is 8.93 Å². The summed E-state index contributed by atoms with van der Waals surface area (Å²) >= 11 is -2.12. The van der Waals surface area contributed by atoms with Gasteiger partial charge in [0.05, 0.1) is 18.8 Å². The molecule has 0 spiro atoms. The number of nitrogens with one attached hydrogen (secondary N) is 1. The van der Waals surface area contributed by atoms with E-state index in [-0.39, 0.29) is 24.2 Å². The Labute approximate surface area is 162 Å². The largest absolute Gasteiger partial charge is 0.376 e. The Balaban J connectivity index is 1.55. The minimum atomic E-state index is -2.12. The fraction of sp³-hybridized carbons (Fsp3) is 0.450. The van der Waals surface area contributed by atoms with Crippen molar-refractivity contribution < 1.29 is 13.5 Å². The second-order valence-corrected chi connectivity index (χ2v) is 7.70. The molecule has 146 valence electrons. The van der Waals surface area contributed by atoms with Crippen molar-refractivity contribution >= 4 is 11.3 Å². The molecule has 0 radical (unpaired) electrons. The summed E-state index contributed by atoms with van der Waals surface area (Å²) in [6.45, 7) is 0.515. The molecule has 2 aromatic rings. The molecule has 0 aliphatic heterocycles. The Morgan fingerprint density at radius 2 is 1.81 bits per heavy atom. The van der Waals surface area contributed by atoms with E-state index in [1.54, 1.807) is 22.9 Å². The van der Waals surface area contributed by atoms with Crippen LogP contribution >= 0.6 is 0 Å². The lowest BCUT2D eigenvalue weighted by atomic mass is 9.83. The summed E-state index contributed by atoms with van der Waals surface area (Å²) in [7, 11) is 0. The van der Waals surface area contributed by atoms with E-state index in [0.717, 1.165) is 25.7 Å². The number of aromatic nitrogens is 1. The van der Waals surface area contributed by atoms with E-state index in [1.165, 1.54) is 11.6 Å². The zero-order chi connectivity index (χ0) is 19.1. The summed E-state index contributed by atoms with van der Waals surface area (Å²) in [6.07, 6.45) is 5.98. The number of benzene rings is 1. The molecule has 0 saturated heterocycles. The minimum Gasteiger partial charge on any atom is -0.376 e. The van der Waals surface area contributed by atoms with Crippen LogP contribution in [-0.4, -0.2) is 32.6 Å². The normalized spacial score (nSPS) is 22.3. The third kappa shape index (κ3) is 5.84. The Kier molecular flexibility index (Phi) is 7.34. The Bertz CT molecular complexity index is 788. The molecule has 27 heavy (non-hydrogen) atoms. The lowest BCUT2D eigenvalue weighted by Gasteiger charge is -2.30. The van der Waals surface area contributed by atoms with Gasteiger partial charge in [-0.15, -0.1) is 0 Å². The number of pyridine rings is 1. The highest BCUT2D eigenvalue weighted by molar-refractivity contribution is 7.77. The molecule has 1 aromatic heterocycles. The maximum absolute atomic E-state index is 12.1. The van der Waals surface area contributed by atoms with Gasteiger partial charge in [0.15, 0.2) is 0 Å². The Morgan fingerprint density at radius 1 is 1.11 bits per heavy atom. The molecule has 0 amide bonds. The second kappa shape index (κ2) is 9.94. The molecule has 7 heteroatoms. The first-order chi connectivity index (χ1) is 13.1. The molecule has 1 saturated carbocycles. The summed E-state index contributed by atoms with van der Waals surface area (Å²) < 4.78 is 30.1. The maximum Gasteiger partial charge on any atom is 0.250 e. The Morgan fingerprint density at radius 3 is 2.48 bits per heavy atom. The van der Waals surface area contributed by atoms with Crippen molar-refractivity contribution in [1.29, 1.82) is 0 Å². The summed E-state index contributed by atoms with van der Waals surface area (Å²) in [5, 5.41) is 0. The topological polar surface area (TPSA) is 80.6 Å². The summed E-state index contributed by atoms with van der Waals surface area (Å²) in [5.41, 5.74) is 1.24. The molecule has 1 aromatic carbocycles.